The van der Waals surface area contributed by atoms with Gasteiger partial charge in [-0.3, -0.25) is 18.6 Å². The molecule has 0 heterocycles. The monoisotopic (exact) mass is 843 g/mol. The van der Waals surface area contributed by atoms with Crippen LogP contribution in [0.25, 0.3) is 0 Å². The highest BCUT2D eigenvalue weighted by Crippen LogP contribution is 2.43. The molecule has 0 saturated heterocycles. The van der Waals surface area contributed by atoms with E-state index in [1.54, 1.807) is 0 Å². The van der Waals surface area contributed by atoms with Crippen LogP contribution in [-0.2, 0) is 27.9 Å². The summed E-state index contributed by atoms with van der Waals surface area (Å²) in [4.78, 5) is 37.5. The van der Waals surface area contributed by atoms with E-state index in [0.717, 1.165) is 45.1 Å². The standard InChI is InChI=1S/C48H95N2O7P/c1-5-8-10-12-14-16-18-20-21-22-23-24-25-26-27-29-30-32-34-36-38-40-47(51)49-46(45-57-58(53,54)56-43-42-50(4)7-3)44-55-48(52)41-39-37-35-33-31-28-19-17-15-13-11-9-6-2/h16,18,46H,5-15,17,19-45H2,1-4H3,(H,49,51)(H,53,54)/b18-16-. The molecule has 0 saturated carbocycles. The van der Waals surface area contributed by atoms with Gasteiger partial charge in [0.1, 0.15) is 6.61 Å². The summed E-state index contributed by atoms with van der Waals surface area (Å²) in [5.74, 6) is -0.496. The lowest BCUT2D eigenvalue weighted by molar-refractivity contribution is -0.145. The molecule has 58 heavy (non-hydrogen) atoms. The van der Waals surface area contributed by atoms with Gasteiger partial charge in [-0.15, -0.1) is 0 Å². The van der Waals surface area contributed by atoms with Gasteiger partial charge in [0.25, 0.3) is 0 Å². The Kier molecular flexibility index (Phi) is 42.9. The largest absolute Gasteiger partial charge is 0.472 e. The quantitative estimate of drug-likeness (QED) is 0.0269. The molecule has 0 aliphatic carbocycles. The Hall–Kier alpha value is -1.25. The first-order valence-electron chi connectivity index (χ1n) is 24.6. The Labute approximate surface area is 359 Å². The summed E-state index contributed by atoms with van der Waals surface area (Å²) in [7, 11) is -2.43. The maximum Gasteiger partial charge on any atom is 0.472 e. The van der Waals surface area contributed by atoms with Gasteiger partial charge in [0.15, 0.2) is 0 Å². The zero-order chi connectivity index (χ0) is 42.6. The second kappa shape index (κ2) is 43.8. The molecule has 2 unspecified atom stereocenters. The number of nitrogens with one attached hydrogen (secondary N) is 1. The Balaban J connectivity index is 4.21. The van der Waals surface area contributed by atoms with Gasteiger partial charge < -0.3 is 19.8 Å². The van der Waals surface area contributed by atoms with E-state index in [1.165, 1.54) is 167 Å². The number of carbonyl (C=O) groups is 2. The van der Waals surface area contributed by atoms with Gasteiger partial charge in [-0.1, -0.05) is 200 Å². The summed E-state index contributed by atoms with van der Waals surface area (Å²) in [6.07, 6.45) is 45.5. The molecule has 0 radical (unpaired) electrons. The van der Waals surface area contributed by atoms with Crippen LogP contribution < -0.4 is 5.32 Å². The van der Waals surface area contributed by atoms with Gasteiger partial charge in [0.2, 0.25) is 5.91 Å². The summed E-state index contributed by atoms with van der Waals surface area (Å²) >= 11 is 0. The van der Waals surface area contributed by atoms with Crippen LogP contribution in [0.4, 0.5) is 0 Å². The van der Waals surface area contributed by atoms with Crippen LogP contribution >= 0.6 is 7.82 Å². The topological polar surface area (TPSA) is 114 Å². The highest BCUT2D eigenvalue weighted by atomic mass is 31.2. The molecule has 0 aromatic carbocycles. The zero-order valence-electron chi connectivity index (χ0n) is 38.6. The van der Waals surface area contributed by atoms with Gasteiger partial charge in [0, 0.05) is 19.4 Å². The predicted octanol–water partition coefficient (Wildman–Crippen LogP) is 14.0. The van der Waals surface area contributed by atoms with Crippen molar-refractivity contribution in [3.63, 3.8) is 0 Å². The van der Waals surface area contributed by atoms with E-state index in [2.05, 4.69) is 31.3 Å². The van der Waals surface area contributed by atoms with Crippen LogP contribution in [0.1, 0.15) is 239 Å². The fraction of sp³-hybridized carbons (Fsp3) is 0.917. The third-order valence-electron chi connectivity index (χ3n) is 11.2. The van der Waals surface area contributed by atoms with Crippen molar-refractivity contribution >= 4 is 19.7 Å². The molecule has 0 aliphatic heterocycles. The Bertz CT molecular complexity index is 982. The van der Waals surface area contributed by atoms with Crippen molar-refractivity contribution in [2.24, 2.45) is 0 Å². The minimum atomic E-state index is -4.33. The number of carbonyl (C=O) groups excluding carboxylic acids is 2. The highest BCUT2D eigenvalue weighted by molar-refractivity contribution is 7.47. The molecular formula is C48H95N2O7P. The Morgan fingerprint density at radius 2 is 0.966 bits per heavy atom. The zero-order valence-corrected chi connectivity index (χ0v) is 39.5. The molecule has 0 aromatic rings. The van der Waals surface area contributed by atoms with Crippen LogP contribution in [0.3, 0.4) is 0 Å². The first kappa shape index (κ1) is 56.8. The van der Waals surface area contributed by atoms with Crippen LogP contribution in [0.5, 0.6) is 0 Å². The Morgan fingerprint density at radius 1 is 0.569 bits per heavy atom. The second-order valence-corrected chi connectivity index (χ2v) is 18.3. The number of hydrogen-bond donors (Lipinski definition) is 2. The molecule has 0 rings (SSSR count). The molecule has 0 fully saturated rings. The molecule has 0 bridgehead atoms. The third kappa shape index (κ3) is 42.9. The molecule has 0 aliphatic rings. The second-order valence-electron chi connectivity index (χ2n) is 16.9. The summed E-state index contributed by atoms with van der Waals surface area (Å²) in [6, 6.07) is -0.738. The summed E-state index contributed by atoms with van der Waals surface area (Å²) in [5.41, 5.74) is 0. The smallest absolute Gasteiger partial charge is 0.463 e. The first-order valence-corrected chi connectivity index (χ1v) is 26.1. The maximum absolute atomic E-state index is 12.8. The number of esters is 1. The van der Waals surface area contributed by atoms with E-state index in [4.69, 9.17) is 13.8 Å². The normalized spacial score (nSPS) is 13.3. The van der Waals surface area contributed by atoms with Gasteiger partial charge in [-0.05, 0) is 52.1 Å². The fourth-order valence-corrected chi connectivity index (χ4v) is 7.85. The number of hydrogen-bond acceptors (Lipinski definition) is 7. The molecule has 0 spiro atoms. The van der Waals surface area contributed by atoms with Crippen molar-refractivity contribution in [2.45, 2.75) is 245 Å². The fourth-order valence-electron chi connectivity index (χ4n) is 7.09. The van der Waals surface area contributed by atoms with Gasteiger partial charge in [-0.2, -0.15) is 0 Å². The van der Waals surface area contributed by atoms with Crippen molar-refractivity contribution in [1.29, 1.82) is 0 Å². The molecule has 1 amide bonds. The van der Waals surface area contributed by atoms with Gasteiger partial charge in [-0.25, -0.2) is 4.57 Å². The summed E-state index contributed by atoms with van der Waals surface area (Å²) in [5, 5.41) is 2.87. The van der Waals surface area contributed by atoms with E-state index >= 15 is 0 Å². The van der Waals surface area contributed by atoms with E-state index < -0.39 is 13.9 Å². The molecule has 9 nitrogen and oxygen atoms in total. The first-order chi connectivity index (χ1) is 28.2. The van der Waals surface area contributed by atoms with Crippen molar-refractivity contribution in [3.8, 4) is 0 Å². The van der Waals surface area contributed by atoms with Crippen LogP contribution in [0.15, 0.2) is 12.2 Å². The highest BCUT2D eigenvalue weighted by Gasteiger charge is 2.25. The maximum atomic E-state index is 12.8. The number of rotatable bonds is 46. The van der Waals surface area contributed by atoms with E-state index in [-0.39, 0.29) is 31.7 Å². The van der Waals surface area contributed by atoms with E-state index in [1.807, 2.05) is 18.9 Å². The minimum Gasteiger partial charge on any atom is -0.463 e. The lowest BCUT2D eigenvalue weighted by Gasteiger charge is -2.21. The third-order valence-corrected chi connectivity index (χ3v) is 12.2. The average Bonchev–Trinajstić information content (AvgIpc) is 3.21. The number of phosphoric acid groups is 1. The lowest BCUT2D eigenvalue weighted by atomic mass is 10.0. The molecular weight excluding hydrogens is 748 g/mol. The average molecular weight is 843 g/mol. The predicted molar refractivity (Wildman–Crippen MR) is 245 cm³/mol. The van der Waals surface area contributed by atoms with Crippen LogP contribution in [0.2, 0.25) is 0 Å². The lowest BCUT2D eigenvalue weighted by Crippen LogP contribution is -2.41. The molecule has 10 heteroatoms. The number of allylic oxidation sites excluding steroid dienone is 2. The van der Waals surface area contributed by atoms with E-state index in [0.29, 0.717) is 19.4 Å². The van der Waals surface area contributed by atoms with Crippen molar-refractivity contribution in [2.75, 3.05) is 40.0 Å². The number of likely N-dealkylation sites (N-methyl/N-ethyl adjacent to an activating group) is 1. The van der Waals surface area contributed by atoms with Crippen molar-refractivity contribution in [1.82, 2.24) is 10.2 Å². The number of nitrogens with zero attached hydrogens (tertiary/aromatic N) is 1. The van der Waals surface area contributed by atoms with E-state index in [9.17, 15) is 19.0 Å². The number of ether oxygens (including phenoxy) is 1. The number of phosphoric ester groups is 1. The van der Waals surface area contributed by atoms with Crippen molar-refractivity contribution in [3.05, 3.63) is 12.2 Å². The molecule has 2 N–H and O–H groups in total. The molecule has 0 aromatic heterocycles. The molecule has 344 valence electrons. The van der Waals surface area contributed by atoms with Crippen LogP contribution in [-0.4, -0.2) is 67.7 Å². The molecule has 2 atom stereocenters. The minimum absolute atomic E-state index is 0.0427. The van der Waals surface area contributed by atoms with Crippen molar-refractivity contribution < 1.29 is 32.8 Å². The summed E-state index contributed by atoms with van der Waals surface area (Å²) in [6.45, 7) is 7.43. The SMILES string of the molecule is CCCCCC/C=C\CCCCCCCCCCCCCCCC(=O)NC(COC(=O)CCCCCCCCCCCCCCC)COP(=O)(O)OCCN(C)CC. The van der Waals surface area contributed by atoms with Gasteiger partial charge in [0.05, 0.1) is 19.3 Å². The van der Waals surface area contributed by atoms with Crippen LogP contribution in [0, 0.1) is 0 Å². The summed E-state index contributed by atoms with van der Waals surface area (Å²) < 4.78 is 28.4. The Morgan fingerprint density at radius 3 is 1.41 bits per heavy atom. The van der Waals surface area contributed by atoms with Gasteiger partial charge >= 0.3 is 13.8 Å². The number of amides is 1. The number of unbranched alkanes of at least 4 members (excludes halogenated alkanes) is 29.